The maximum absolute atomic E-state index is 13.3. The molecule has 4 rings (SSSR count). The molecule has 0 radical (unpaired) electrons. The van der Waals surface area contributed by atoms with Crippen LogP contribution in [0.15, 0.2) is 76.7 Å². The molecule has 0 spiro atoms. The van der Waals surface area contributed by atoms with E-state index in [0.29, 0.717) is 21.8 Å². The van der Waals surface area contributed by atoms with Gasteiger partial charge in [0.05, 0.1) is 16.6 Å². The predicted octanol–water partition coefficient (Wildman–Crippen LogP) is 5.43. The van der Waals surface area contributed by atoms with Crippen molar-refractivity contribution in [3.05, 3.63) is 99.6 Å². The molecule has 1 heterocycles. The van der Waals surface area contributed by atoms with E-state index in [9.17, 15) is 9.18 Å². The molecule has 0 bridgehead atoms. The fraction of sp³-hybridized carbons (Fsp3) is 0.130. The smallest absolute Gasteiger partial charge is 0.266 e. The molecule has 3 nitrogen and oxygen atoms in total. The number of fused-ring (bicyclic) bond motifs is 1. The molecule has 1 aromatic heterocycles. The van der Waals surface area contributed by atoms with Crippen molar-refractivity contribution in [1.29, 1.82) is 0 Å². The van der Waals surface area contributed by atoms with Gasteiger partial charge in [-0.05, 0) is 66.9 Å². The lowest BCUT2D eigenvalue weighted by Gasteiger charge is -2.14. The van der Waals surface area contributed by atoms with Crippen molar-refractivity contribution in [2.45, 2.75) is 24.8 Å². The van der Waals surface area contributed by atoms with Crippen molar-refractivity contribution < 1.29 is 4.39 Å². The Morgan fingerprint density at radius 3 is 2.36 bits per heavy atom. The van der Waals surface area contributed by atoms with Gasteiger partial charge >= 0.3 is 0 Å². The zero-order valence-electron chi connectivity index (χ0n) is 15.6. The van der Waals surface area contributed by atoms with Crippen LogP contribution >= 0.6 is 11.8 Å². The lowest BCUT2D eigenvalue weighted by molar-refractivity contribution is 0.627. The zero-order chi connectivity index (χ0) is 19.7. The molecule has 5 heteroatoms. The molecular formula is C23H19FN2OS. The Morgan fingerprint density at radius 2 is 1.64 bits per heavy atom. The molecule has 4 aromatic rings. The summed E-state index contributed by atoms with van der Waals surface area (Å²) in [4.78, 5) is 18.0. The second kappa shape index (κ2) is 7.60. The fourth-order valence-electron chi connectivity index (χ4n) is 3.25. The molecule has 0 N–H and O–H groups in total. The SMILES string of the molecule is Cc1cc(C)cc(-n2c(SCc3ccc(F)cc3)nc3ccccc3c2=O)c1. The Kier molecular flexibility index (Phi) is 5.01. The van der Waals surface area contributed by atoms with Crippen LogP contribution in [-0.4, -0.2) is 9.55 Å². The minimum atomic E-state index is -0.260. The third-order valence-corrected chi connectivity index (χ3v) is 5.50. The maximum Gasteiger partial charge on any atom is 0.266 e. The highest BCUT2D eigenvalue weighted by atomic mass is 32.2. The standard InChI is InChI=1S/C23H19FN2OS/c1-15-11-16(2)13-19(12-15)26-22(27)20-5-3-4-6-21(20)25-23(26)28-14-17-7-9-18(24)10-8-17/h3-13H,14H2,1-2H3. The van der Waals surface area contributed by atoms with Crippen molar-refractivity contribution in [3.63, 3.8) is 0 Å². The summed E-state index contributed by atoms with van der Waals surface area (Å²) in [5, 5.41) is 1.21. The monoisotopic (exact) mass is 390 g/mol. The summed E-state index contributed by atoms with van der Waals surface area (Å²) in [7, 11) is 0. The first kappa shape index (κ1) is 18.4. The number of hydrogen-bond acceptors (Lipinski definition) is 3. The number of halogens is 1. The summed E-state index contributed by atoms with van der Waals surface area (Å²) < 4.78 is 14.9. The van der Waals surface area contributed by atoms with Crippen LogP contribution in [0.1, 0.15) is 16.7 Å². The second-order valence-corrected chi connectivity index (χ2v) is 7.76. The Balaban J connectivity index is 1.85. The molecule has 3 aromatic carbocycles. The normalized spacial score (nSPS) is 11.1. The topological polar surface area (TPSA) is 34.9 Å². The van der Waals surface area contributed by atoms with E-state index in [0.717, 1.165) is 22.4 Å². The van der Waals surface area contributed by atoms with Crippen LogP contribution in [0.3, 0.4) is 0 Å². The van der Waals surface area contributed by atoms with Gasteiger partial charge in [-0.25, -0.2) is 9.37 Å². The van der Waals surface area contributed by atoms with E-state index < -0.39 is 0 Å². The Morgan fingerprint density at radius 1 is 0.964 bits per heavy atom. The Bertz CT molecular complexity index is 1200. The highest BCUT2D eigenvalue weighted by molar-refractivity contribution is 7.98. The lowest BCUT2D eigenvalue weighted by Crippen LogP contribution is -2.22. The minimum absolute atomic E-state index is 0.0859. The van der Waals surface area contributed by atoms with Crippen LogP contribution < -0.4 is 5.56 Å². The van der Waals surface area contributed by atoms with Gasteiger partial charge in [-0.15, -0.1) is 0 Å². The molecule has 0 fully saturated rings. The Hall–Kier alpha value is -2.92. The first-order chi connectivity index (χ1) is 13.5. The predicted molar refractivity (Wildman–Crippen MR) is 113 cm³/mol. The molecule has 0 aliphatic carbocycles. The molecule has 0 atom stereocenters. The summed E-state index contributed by atoms with van der Waals surface area (Å²) in [5.41, 5.74) is 4.55. The van der Waals surface area contributed by atoms with E-state index in [-0.39, 0.29) is 11.4 Å². The van der Waals surface area contributed by atoms with Crippen LogP contribution in [-0.2, 0) is 5.75 Å². The van der Waals surface area contributed by atoms with Crippen molar-refractivity contribution >= 4 is 22.7 Å². The summed E-state index contributed by atoms with van der Waals surface area (Å²) >= 11 is 1.47. The summed E-state index contributed by atoms with van der Waals surface area (Å²) in [5.74, 6) is 0.334. The van der Waals surface area contributed by atoms with Crippen LogP contribution in [0.4, 0.5) is 4.39 Å². The number of para-hydroxylation sites is 1. The number of rotatable bonds is 4. The molecule has 28 heavy (non-hydrogen) atoms. The number of thioether (sulfide) groups is 1. The van der Waals surface area contributed by atoms with Gasteiger partial charge in [0.15, 0.2) is 5.16 Å². The highest BCUT2D eigenvalue weighted by Gasteiger charge is 2.14. The number of aromatic nitrogens is 2. The van der Waals surface area contributed by atoms with Crippen molar-refractivity contribution in [2.75, 3.05) is 0 Å². The molecule has 0 aliphatic rings. The van der Waals surface area contributed by atoms with Gasteiger partial charge in [0, 0.05) is 5.75 Å². The molecule has 140 valence electrons. The summed E-state index contributed by atoms with van der Waals surface area (Å²) in [6, 6.07) is 19.8. The summed E-state index contributed by atoms with van der Waals surface area (Å²) in [6.07, 6.45) is 0. The average molecular weight is 390 g/mol. The van der Waals surface area contributed by atoms with E-state index in [4.69, 9.17) is 4.98 Å². The van der Waals surface area contributed by atoms with Gasteiger partial charge in [-0.1, -0.05) is 42.1 Å². The van der Waals surface area contributed by atoms with Crippen LogP contribution in [0.2, 0.25) is 0 Å². The van der Waals surface area contributed by atoms with Crippen LogP contribution in [0.25, 0.3) is 16.6 Å². The lowest BCUT2D eigenvalue weighted by atomic mass is 10.1. The van der Waals surface area contributed by atoms with Crippen molar-refractivity contribution in [2.24, 2.45) is 0 Å². The molecule has 0 unspecified atom stereocenters. The molecule has 0 saturated heterocycles. The van der Waals surface area contributed by atoms with Crippen LogP contribution in [0, 0.1) is 19.7 Å². The average Bonchev–Trinajstić information content (AvgIpc) is 2.67. The number of hydrogen-bond donors (Lipinski definition) is 0. The number of nitrogens with zero attached hydrogens (tertiary/aromatic N) is 2. The van der Waals surface area contributed by atoms with Crippen LogP contribution in [0.5, 0.6) is 0 Å². The molecule has 0 aliphatic heterocycles. The summed E-state index contributed by atoms with van der Waals surface area (Å²) in [6.45, 7) is 4.03. The van der Waals surface area contributed by atoms with E-state index in [1.54, 1.807) is 22.8 Å². The fourth-order valence-corrected chi connectivity index (χ4v) is 4.21. The van der Waals surface area contributed by atoms with Gasteiger partial charge in [0.2, 0.25) is 0 Å². The van der Waals surface area contributed by atoms with Gasteiger partial charge in [0.1, 0.15) is 5.82 Å². The van der Waals surface area contributed by atoms with E-state index in [2.05, 4.69) is 6.07 Å². The number of aryl methyl sites for hydroxylation is 2. The zero-order valence-corrected chi connectivity index (χ0v) is 16.5. The quantitative estimate of drug-likeness (QED) is 0.344. The first-order valence-electron chi connectivity index (χ1n) is 8.99. The third-order valence-electron chi connectivity index (χ3n) is 4.49. The Labute approximate surface area is 166 Å². The molecule has 0 amide bonds. The highest BCUT2D eigenvalue weighted by Crippen LogP contribution is 2.25. The third kappa shape index (κ3) is 3.71. The first-order valence-corrected chi connectivity index (χ1v) is 9.97. The maximum atomic E-state index is 13.3. The van der Waals surface area contributed by atoms with E-state index in [1.165, 1.54) is 23.9 Å². The largest absolute Gasteiger partial charge is 0.268 e. The second-order valence-electron chi connectivity index (χ2n) is 6.81. The molecular weight excluding hydrogens is 371 g/mol. The van der Waals surface area contributed by atoms with Gasteiger partial charge < -0.3 is 0 Å². The van der Waals surface area contributed by atoms with Crippen molar-refractivity contribution in [3.8, 4) is 5.69 Å². The molecule has 0 saturated carbocycles. The number of benzene rings is 3. The minimum Gasteiger partial charge on any atom is -0.268 e. The van der Waals surface area contributed by atoms with Gasteiger partial charge in [-0.2, -0.15) is 0 Å². The van der Waals surface area contributed by atoms with E-state index in [1.807, 2.05) is 44.2 Å². The van der Waals surface area contributed by atoms with Gasteiger partial charge in [-0.3, -0.25) is 9.36 Å². The van der Waals surface area contributed by atoms with Crippen molar-refractivity contribution in [1.82, 2.24) is 9.55 Å². The van der Waals surface area contributed by atoms with Gasteiger partial charge in [0.25, 0.3) is 5.56 Å². The van der Waals surface area contributed by atoms with E-state index >= 15 is 0 Å².